The van der Waals surface area contributed by atoms with E-state index in [4.69, 9.17) is 10.5 Å². The number of aryl methyl sites for hydroxylation is 1. The van der Waals surface area contributed by atoms with Crippen molar-refractivity contribution in [2.75, 3.05) is 18.8 Å². The summed E-state index contributed by atoms with van der Waals surface area (Å²) in [5.41, 5.74) is 10.4. The zero-order valence-corrected chi connectivity index (χ0v) is 18.5. The second-order valence-corrected chi connectivity index (χ2v) is 8.80. The van der Waals surface area contributed by atoms with Gasteiger partial charge in [0.05, 0.1) is 11.5 Å². The van der Waals surface area contributed by atoms with Crippen molar-refractivity contribution < 1.29 is 9.53 Å². The number of likely N-dealkylation sites (tertiary alicyclic amines) is 1. The number of rotatable bonds is 5. The number of anilines is 1. The molecule has 1 atom stereocenters. The molecule has 1 amide bonds. The van der Waals surface area contributed by atoms with E-state index in [-0.39, 0.29) is 11.8 Å². The first-order chi connectivity index (χ1) is 15.6. The molecule has 7 nitrogen and oxygen atoms in total. The van der Waals surface area contributed by atoms with Crippen LogP contribution in [0.5, 0.6) is 5.75 Å². The lowest BCUT2D eigenvalue weighted by molar-refractivity contribution is -0.125. The fourth-order valence-corrected chi connectivity index (χ4v) is 5.28. The standard InChI is InChI=1S/C25H29N5O2/c1-3-20(31)30-13-12-17(14-30)23-21(22-24(26)27-15-28-25(22)29(23)2)16-8-10-19(11-9-16)32-18-6-4-5-7-18/h3,8-11,15,17-18H,1,4-7,12-14H2,2H3,(H2,26,27,28). The van der Waals surface area contributed by atoms with E-state index in [1.807, 2.05) is 24.1 Å². The van der Waals surface area contributed by atoms with E-state index in [1.54, 1.807) is 0 Å². The maximum atomic E-state index is 12.2. The number of carbonyl (C=O) groups is 1. The van der Waals surface area contributed by atoms with Gasteiger partial charge in [0.15, 0.2) is 0 Å². The zero-order chi connectivity index (χ0) is 22.2. The molecular formula is C25H29N5O2. The van der Waals surface area contributed by atoms with Crippen LogP contribution >= 0.6 is 0 Å². The minimum atomic E-state index is -0.0273. The van der Waals surface area contributed by atoms with Crippen LogP contribution in [0.15, 0.2) is 43.2 Å². The van der Waals surface area contributed by atoms with Gasteiger partial charge in [-0.05, 0) is 55.9 Å². The van der Waals surface area contributed by atoms with E-state index in [0.29, 0.717) is 25.0 Å². The minimum Gasteiger partial charge on any atom is -0.490 e. The van der Waals surface area contributed by atoms with Crippen LogP contribution in [-0.2, 0) is 11.8 Å². The number of amides is 1. The first-order valence-corrected chi connectivity index (χ1v) is 11.3. The largest absolute Gasteiger partial charge is 0.490 e. The molecule has 5 rings (SSSR count). The molecule has 0 spiro atoms. The molecule has 0 bridgehead atoms. The summed E-state index contributed by atoms with van der Waals surface area (Å²) in [6.45, 7) is 5.00. The first-order valence-electron chi connectivity index (χ1n) is 11.3. The molecule has 3 heterocycles. The summed E-state index contributed by atoms with van der Waals surface area (Å²) < 4.78 is 8.27. The summed E-state index contributed by atoms with van der Waals surface area (Å²) in [4.78, 5) is 22.8. The van der Waals surface area contributed by atoms with E-state index in [0.717, 1.165) is 52.9 Å². The molecular weight excluding hydrogens is 402 g/mol. The predicted octanol–water partition coefficient (Wildman–Crippen LogP) is 4.04. The van der Waals surface area contributed by atoms with Crippen molar-refractivity contribution >= 4 is 22.8 Å². The van der Waals surface area contributed by atoms with E-state index in [1.165, 1.54) is 25.2 Å². The Kier molecular flexibility index (Phi) is 5.33. The fourth-order valence-electron chi connectivity index (χ4n) is 5.28. The van der Waals surface area contributed by atoms with Gasteiger partial charge in [0.25, 0.3) is 0 Å². The van der Waals surface area contributed by atoms with Crippen LogP contribution in [-0.4, -0.2) is 44.5 Å². The third-order valence-corrected chi connectivity index (χ3v) is 6.85. The lowest BCUT2D eigenvalue weighted by Gasteiger charge is -2.17. The quantitative estimate of drug-likeness (QED) is 0.616. The highest BCUT2D eigenvalue weighted by Crippen LogP contribution is 2.42. The average molecular weight is 432 g/mol. The number of nitrogens with zero attached hydrogens (tertiary/aromatic N) is 4. The lowest BCUT2D eigenvalue weighted by Crippen LogP contribution is -2.26. The topological polar surface area (TPSA) is 86.3 Å². The van der Waals surface area contributed by atoms with Gasteiger partial charge in [0.1, 0.15) is 23.5 Å². The Morgan fingerprint density at radius 1 is 1.19 bits per heavy atom. The molecule has 1 aliphatic heterocycles. The zero-order valence-electron chi connectivity index (χ0n) is 18.5. The molecule has 32 heavy (non-hydrogen) atoms. The van der Waals surface area contributed by atoms with Crippen molar-refractivity contribution in [3.8, 4) is 16.9 Å². The van der Waals surface area contributed by atoms with Crippen LogP contribution in [0.2, 0.25) is 0 Å². The summed E-state index contributed by atoms with van der Waals surface area (Å²) in [6, 6.07) is 8.27. The van der Waals surface area contributed by atoms with Crippen molar-refractivity contribution in [3.63, 3.8) is 0 Å². The highest BCUT2D eigenvalue weighted by molar-refractivity contribution is 6.02. The van der Waals surface area contributed by atoms with Gasteiger partial charge < -0.3 is 19.9 Å². The number of ether oxygens (including phenoxy) is 1. The molecule has 166 valence electrons. The van der Waals surface area contributed by atoms with Crippen LogP contribution in [0, 0.1) is 0 Å². The molecule has 1 unspecified atom stereocenters. The van der Waals surface area contributed by atoms with Crippen molar-refractivity contribution in [2.24, 2.45) is 7.05 Å². The Labute approximate surface area is 187 Å². The van der Waals surface area contributed by atoms with Crippen molar-refractivity contribution in [2.45, 2.75) is 44.1 Å². The van der Waals surface area contributed by atoms with Gasteiger partial charge in [-0.15, -0.1) is 0 Å². The molecule has 7 heteroatoms. The van der Waals surface area contributed by atoms with Gasteiger partial charge in [0, 0.05) is 37.3 Å². The third-order valence-electron chi connectivity index (χ3n) is 6.85. The summed E-state index contributed by atoms with van der Waals surface area (Å²) in [5, 5.41) is 0.864. The Hall–Kier alpha value is -3.35. The number of nitrogens with two attached hydrogens (primary N) is 1. The number of nitrogen functional groups attached to an aromatic ring is 1. The number of fused-ring (bicyclic) bond motifs is 1. The van der Waals surface area contributed by atoms with E-state index < -0.39 is 0 Å². The summed E-state index contributed by atoms with van der Waals surface area (Å²) in [5.74, 6) is 1.52. The van der Waals surface area contributed by atoms with Gasteiger partial charge in [-0.25, -0.2) is 9.97 Å². The van der Waals surface area contributed by atoms with Gasteiger partial charge in [-0.1, -0.05) is 18.7 Å². The fraction of sp³-hybridized carbons (Fsp3) is 0.400. The van der Waals surface area contributed by atoms with Crippen molar-refractivity contribution in [3.05, 3.63) is 48.9 Å². The summed E-state index contributed by atoms with van der Waals surface area (Å²) >= 11 is 0. The number of carbonyl (C=O) groups excluding carboxylic acids is 1. The second kappa shape index (κ2) is 8.30. The minimum absolute atomic E-state index is 0.0273. The Morgan fingerprint density at radius 2 is 1.94 bits per heavy atom. The van der Waals surface area contributed by atoms with Gasteiger partial charge >= 0.3 is 0 Å². The molecule has 1 saturated heterocycles. The molecule has 2 aliphatic rings. The van der Waals surface area contributed by atoms with Crippen molar-refractivity contribution in [1.82, 2.24) is 19.4 Å². The van der Waals surface area contributed by atoms with Gasteiger partial charge in [-0.3, -0.25) is 4.79 Å². The first kappa shape index (κ1) is 20.5. The van der Waals surface area contributed by atoms with Crippen LogP contribution in [0.3, 0.4) is 0 Å². The summed E-state index contributed by atoms with van der Waals surface area (Å²) in [6.07, 6.45) is 8.85. The van der Waals surface area contributed by atoms with Crippen LogP contribution < -0.4 is 10.5 Å². The van der Waals surface area contributed by atoms with Crippen LogP contribution in [0.4, 0.5) is 5.82 Å². The molecule has 2 fully saturated rings. The maximum absolute atomic E-state index is 12.2. The molecule has 3 aromatic rings. The molecule has 2 aromatic heterocycles. The number of benzene rings is 1. The van der Waals surface area contributed by atoms with Crippen molar-refractivity contribution in [1.29, 1.82) is 0 Å². The van der Waals surface area contributed by atoms with Gasteiger partial charge in [-0.2, -0.15) is 0 Å². The Balaban J connectivity index is 1.56. The molecule has 1 saturated carbocycles. The molecule has 0 radical (unpaired) electrons. The number of aromatic nitrogens is 3. The van der Waals surface area contributed by atoms with Crippen LogP contribution in [0.25, 0.3) is 22.2 Å². The average Bonchev–Trinajstić information content (AvgIpc) is 3.54. The highest BCUT2D eigenvalue weighted by atomic mass is 16.5. The molecule has 1 aromatic carbocycles. The summed E-state index contributed by atoms with van der Waals surface area (Å²) in [7, 11) is 2.02. The monoisotopic (exact) mass is 431 g/mol. The molecule has 2 N–H and O–H groups in total. The Morgan fingerprint density at radius 3 is 2.66 bits per heavy atom. The van der Waals surface area contributed by atoms with E-state index in [9.17, 15) is 4.79 Å². The number of hydrogen-bond donors (Lipinski definition) is 1. The molecule has 1 aliphatic carbocycles. The Bertz CT molecular complexity index is 1160. The maximum Gasteiger partial charge on any atom is 0.245 e. The third kappa shape index (κ3) is 3.51. The highest BCUT2D eigenvalue weighted by Gasteiger charge is 2.32. The lowest BCUT2D eigenvalue weighted by atomic mass is 9.94. The SMILES string of the molecule is C=CC(=O)N1CCC(c2c(-c3ccc(OC4CCCC4)cc3)c3c(N)ncnc3n2C)C1. The second-order valence-electron chi connectivity index (χ2n) is 8.80. The predicted molar refractivity (Wildman–Crippen MR) is 125 cm³/mol. The van der Waals surface area contributed by atoms with Gasteiger partial charge in [0.2, 0.25) is 5.91 Å². The van der Waals surface area contributed by atoms with Crippen LogP contribution in [0.1, 0.15) is 43.7 Å². The number of hydrogen-bond acceptors (Lipinski definition) is 5. The van der Waals surface area contributed by atoms with E-state index >= 15 is 0 Å². The van der Waals surface area contributed by atoms with E-state index in [2.05, 4.69) is 33.2 Å². The normalized spacial score (nSPS) is 19.0. The smallest absolute Gasteiger partial charge is 0.245 e.